The largest absolute Gasteiger partial charge is 0.497 e. The van der Waals surface area contributed by atoms with Gasteiger partial charge < -0.3 is 10.5 Å². The molecule has 1 heterocycles. The molecule has 0 bridgehead atoms. The number of aromatic nitrogens is 2. The Labute approximate surface area is 128 Å². The van der Waals surface area contributed by atoms with E-state index in [-0.39, 0.29) is 17.9 Å². The van der Waals surface area contributed by atoms with E-state index in [1.165, 1.54) is 12.1 Å². The third-order valence-corrected chi connectivity index (χ3v) is 3.78. The van der Waals surface area contributed by atoms with Crippen molar-refractivity contribution in [3.63, 3.8) is 0 Å². The molecule has 3 aromatic rings. The summed E-state index contributed by atoms with van der Waals surface area (Å²) in [6, 6.07) is 12.1. The lowest BCUT2D eigenvalue weighted by Gasteiger charge is -2.23. The zero-order valence-corrected chi connectivity index (χ0v) is 12.5. The lowest BCUT2D eigenvalue weighted by atomic mass is 10.0. The molecule has 0 fully saturated rings. The second kappa shape index (κ2) is 5.77. The van der Waals surface area contributed by atoms with Gasteiger partial charge in [-0.1, -0.05) is 12.1 Å². The summed E-state index contributed by atoms with van der Waals surface area (Å²) in [5.41, 5.74) is 8.08. The Balaban J connectivity index is 2.09. The SMILES string of the molecule is COc1ccc([C@H]([C@H](C)N)n2ncc3cc(F)ccc32)cc1. The number of hydrogen-bond acceptors (Lipinski definition) is 3. The van der Waals surface area contributed by atoms with Gasteiger partial charge in [-0.3, -0.25) is 4.68 Å². The van der Waals surface area contributed by atoms with E-state index in [4.69, 9.17) is 10.5 Å². The fourth-order valence-corrected chi connectivity index (χ4v) is 2.71. The number of ether oxygens (including phenoxy) is 1. The number of rotatable bonds is 4. The number of benzene rings is 2. The van der Waals surface area contributed by atoms with Gasteiger partial charge in [0, 0.05) is 11.4 Å². The summed E-state index contributed by atoms with van der Waals surface area (Å²) in [5.74, 6) is 0.522. The Morgan fingerprint density at radius 2 is 1.91 bits per heavy atom. The van der Waals surface area contributed by atoms with Gasteiger partial charge in [-0.15, -0.1) is 0 Å². The quantitative estimate of drug-likeness (QED) is 0.805. The Kier molecular flexibility index (Phi) is 3.81. The van der Waals surface area contributed by atoms with Crippen LogP contribution in [0.4, 0.5) is 4.39 Å². The molecule has 114 valence electrons. The van der Waals surface area contributed by atoms with Crippen LogP contribution in [-0.2, 0) is 0 Å². The minimum absolute atomic E-state index is 0.131. The van der Waals surface area contributed by atoms with Gasteiger partial charge in [0.15, 0.2) is 0 Å². The minimum Gasteiger partial charge on any atom is -0.497 e. The van der Waals surface area contributed by atoms with Crippen LogP contribution in [0.25, 0.3) is 10.9 Å². The van der Waals surface area contributed by atoms with Gasteiger partial charge in [0.05, 0.1) is 24.9 Å². The first-order chi connectivity index (χ1) is 10.6. The molecule has 0 radical (unpaired) electrons. The van der Waals surface area contributed by atoms with Gasteiger partial charge in [0.25, 0.3) is 0 Å². The summed E-state index contributed by atoms with van der Waals surface area (Å²) in [5, 5.41) is 5.18. The van der Waals surface area contributed by atoms with Crippen LogP contribution < -0.4 is 10.5 Å². The molecule has 0 amide bonds. The molecule has 2 atom stereocenters. The molecule has 0 saturated heterocycles. The Morgan fingerprint density at radius 1 is 1.18 bits per heavy atom. The highest BCUT2D eigenvalue weighted by Gasteiger charge is 2.21. The molecule has 0 aliphatic rings. The Morgan fingerprint density at radius 3 is 2.55 bits per heavy atom. The molecule has 5 heteroatoms. The molecule has 0 saturated carbocycles. The topological polar surface area (TPSA) is 53.1 Å². The molecule has 2 N–H and O–H groups in total. The van der Waals surface area contributed by atoms with E-state index in [1.54, 1.807) is 19.4 Å². The number of fused-ring (bicyclic) bond motifs is 1. The lowest BCUT2D eigenvalue weighted by molar-refractivity contribution is 0.413. The molecule has 22 heavy (non-hydrogen) atoms. The van der Waals surface area contributed by atoms with Crippen molar-refractivity contribution in [2.75, 3.05) is 7.11 Å². The highest BCUT2D eigenvalue weighted by molar-refractivity contribution is 5.78. The van der Waals surface area contributed by atoms with Crippen molar-refractivity contribution < 1.29 is 9.13 Å². The smallest absolute Gasteiger partial charge is 0.124 e. The third kappa shape index (κ3) is 2.55. The first-order valence-electron chi connectivity index (χ1n) is 7.12. The van der Waals surface area contributed by atoms with Crippen molar-refractivity contribution in [2.24, 2.45) is 5.73 Å². The fraction of sp³-hybridized carbons (Fsp3) is 0.235. The molecule has 4 nitrogen and oxygen atoms in total. The van der Waals surface area contributed by atoms with Crippen LogP contribution in [0.5, 0.6) is 5.75 Å². The van der Waals surface area contributed by atoms with Crippen molar-refractivity contribution in [1.82, 2.24) is 9.78 Å². The monoisotopic (exact) mass is 299 g/mol. The standard InChI is InChI=1S/C17H18FN3O/c1-11(19)17(12-3-6-15(22-2)7-4-12)21-16-8-5-14(18)9-13(16)10-20-21/h3-11,17H,19H2,1-2H3/t11-,17-/m0/s1. The molecule has 3 rings (SSSR count). The number of methoxy groups -OCH3 is 1. The maximum Gasteiger partial charge on any atom is 0.124 e. The summed E-state index contributed by atoms with van der Waals surface area (Å²) < 4.78 is 20.4. The zero-order chi connectivity index (χ0) is 15.7. The van der Waals surface area contributed by atoms with Gasteiger partial charge in [-0.2, -0.15) is 5.10 Å². The zero-order valence-electron chi connectivity index (χ0n) is 12.5. The van der Waals surface area contributed by atoms with E-state index in [1.807, 2.05) is 35.9 Å². The first-order valence-corrected chi connectivity index (χ1v) is 7.12. The van der Waals surface area contributed by atoms with E-state index in [0.29, 0.717) is 0 Å². The molecule has 0 spiro atoms. The number of nitrogens with two attached hydrogens (primary N) is 1. The van der Waals surface area contributed by atoms with Crippen molar-refractivity contribution in [3.05, 3.63) is 60.0 Å². The Hall–Kier alpha value is -2.40. The lowest BCUT2D eigenvalue weighted by Crippen LogP contribution is -2.30. The van der Waals surface area contributed by atoms with Crippen LogP contribution in [0.3, 0.4) is 0 Å². The van der Waals surface area contributed by atoms with Gasteiger partial charge in [0.2, 0.25) is 0 Å². The molecular weight excluding hydrogens is 281 g/mol. The normalized spacial score (nSPS) is 14.0. The predicted molar refractivity (Wildman–Crippen MR) is 84.5 cm³/mol. The predicted octanol–water partition coefficient (Wildman–Crippen LogP) is 3.12. The summed E-state index contributed by atoms with van der Waals surface area (Å²) in [7, 11) is 1.63. The van der Waals surface area contributed by atoms with Crippen LogP contribution in [0.2, 0.25) is 0 Å². The van der Waals surface area contributed by atoms with Crippen molar-refractivity contribution in [3.8, 4) is 5.75 Å². The van der Waals surface area contributed by atoms with Crippen LogP contribution >= 0.6 is 0 Å². The van der Waals surface area contributed by atoms with E-state index < -0.39 is 0 Å². The summed E-state index contributed by atoms with van der Waals surface area (Å²) in [6.45, 7) is 1.94. The van der Waals surface area contributed by atoms with E-state index in [2.05, 4.69) is 5.10 Å². The van der Waals surface area contributed by atoms with Gasteiger partial charge in [0.1, 0.15) is 11.6 Å². The molecule has 0 unspecified atom stereocenters. The molecule has 2 aromatic carbocycles. The maximum absolute atomic E-state index is 13.3. The fourth-order valence-electron chi connectivity index (χ4n) is 2.71. The van der Waals surface area contributed by atoms with Crippen molar-refractivity contribution in [2.45, 2.75) is 19.0 Å². The van der Waals surface area contributed by atoms with Crippen LogP contribution in [0.1, 0.15) is 18.5 Å². The molecule has 1 aromatic heterocycles. The second-order valence-electron chi connectivity index (χ2n) is 5.37. The van der Waals surface area contributed by atoms with Crippen molar-refractivity contribution in [1.29, 1.82) is 0 Å². The van der Waals surface area contributed by atoms with Gasteiger partial charge >= 0.3 is 0 Å². The number of hydrogen-bond donors (Lipinski definition) is 1. The minimum atomic E-state index is -0.270. The van der Waals surface area contributed by atoms with Gasteiger partial charge in [-0.25, -0.2) is 4.39 Å². The summed E-state index contributed by atoms with van der Waals surface area (Å²) in [6.07, 6.45) is 1.66. The highest BCUT2D eigenvalue weighted by Crippen LogP contribution is 2.27. The third-order valence-electron chi connectivity index (χ3n) is 3.78. The summed E-state index contributed by atoms with van der Waals surface area (Å²) in [4.78, 5) is 0. The first kappa shape index (κ1) is 14.5. The van der Waals surface area contributed by atoms with Crippen LogP contribution in [-0.4, -0.2) is 22.9 Å². The van der Waals surface area contributed by atoms with Crippen molar-refractivity contribution >= 4 is 10.9 Å². The average Bonchev–Trinajstić information content (AvgIpc) is 2.90. The Bertz CT molecular complexity index is 780. The molecule has 0 aliphatic carbocycles. The summed E-state index contributed by atoms with van der Waals surface area (Å²) >= 11 is 0. The van der Waals surface area contributed by atoms with E-state index in [9.17, 15) is 4.39 Å². The maximum atomic E-state index is 13.3. The average molecular weight is 299 g/mol. The van der Waals surface area contributed by atoms with Crippen LogP contribution in [0, 0.1) is 5.82 Å². The second-order valence-corrected chi connectivity index (χ2v) is 5.37. The molecular formula is C17H18FN3O. The van der Waals surface area contributed by atoms with Crippen LogP contribution in [0.15, 0.2) is 48.7 Å². The van der Waals surface area contributed by atoms with E-state index in [0.717, 1.165) is 22.2 Å². The number of nitrogens with zero attached hydrogens (tertiary/aromatic N) is 2. The van der Waals surface area contributed by atoms with Gasteiger partial charge in [-0.05, 0) is 42.8 Å². The number of halogens is 1. The molecule has 0 aliphatic heterocycles. The van der Waals surface area contributed by atoms with E-state index >= 15 is 0 Å². The highest BCUT2D eigenvalue weighted by atomic mass is 19.1.